The number of amides is 1. The minimum atomic E-state index is -1.05. The van der Waals surface area contributed by atoms with Gasteiger partial charge in [-0.2, -0.15) is 0 Å². The van der Waals surface area contributed by atoms with Crippen molar-refractivity contribution in [3.63, 3.8) is 0 Å². The Balaban J connectivity index is 0.00000280. The summed E-state index contributed by atoms with van der Waals surface area (Å²) in [6.45, 7) is 1.17. The van der Waals surface area contributed by atoms with Crippen LogP contribution >= 0.6 is 35.3 Å². The SMILES string of the molecule is CN(C)CCCN(C(=O)c1ccc(F)c(F)c1)c1nc2c(Cl)cccc2s1.Cl. The lowest BCUT2D eigenvalue weighted by Gasteiger charge is -2.21. The van der Waals surface area contributed by atoms with Crippen LogP contribution < -0.4 is 4.90 Å². The van der Waals surface area contributed by atoms with Crippen molar-refractivity contribution in [3.8, 4) is 0 Å². The van der Waals surface area contributed by atoms with E-state index in [1.54, 1.807) is 6.07 Å². The lowest BCUT2D eigenvalue weighted by atomic mass is 10.2. The second-order valence-corrected chi connectivity index (χ2v) is 7.74. The highest BCUT2D eigenvalue weighted by atomic mass is 35.5. The molecule has 2 aromatic carbocycles. The molecule has 0 unspecified atom stereocenters. The topological polar surface area (TPSA) is 36.4 Å². The average molecular weight is 446 g/mol. The van der Waals surface area contributed by atoms with Crippen molar-refractivity contribution in [1.29, 1.82) is 0 Å². The molecular formula is C19H19Cl2F2N3OS. The Morgan fingerprint density at radius 3 is 2.54 bits per heavy atom. The van der Waals surface area contributed by atoms with E-state index in [1.807, 2.05) is 31.1 Å². The summed E-state index contributed by atoms with van der Waals surface area (Å²) in [7, 11) is 3.89. The summed E-state index contributed by atoms with van der Waals surface area (Å²) in [5.74, 6) is -2.47. The summed E-state index contributed by atoms with van der Waals surface area (Å²) in [6, 6.07) is 8.58. The Labute approximate surface area is 177 Å². The molecule has 0 saturated heterocycles. The predicted molar refractivity (Wildman–Crippen MR) is 113 cm³/mol. The van der Waals surface area contributed by atoms with Crippen LogP contribution in [0.5, 0.6) is 0 Å². The zero-order valence-corrected chi connectivity index (χ0v) is 17.7. The van der Waals surface area contributed by atoms with E-state index in [2.05, 4.69) is 4.98 Å². The van der Waals surface area contributed by atoms with Crippen LogP contribution in [0.25, 0.3) is 10.2 Å². The van der Waals surface area contributed by atoms with Crippen LogP contribution in [0.15, 0.2) is 36.4 Å². The number of carbonyl (C=O) groups is 1. The smallest absolute Gasteiger partial charge is 0.260 e. The molecule has 9 heteroatoms. The molecule has 0 aliphatic carbocycles. The third kappa shape index (κ3) is 4.97. The van der Waals surface area contributed by atoms with E-state index in [9.17, 15) is 13.6 Å². The van der Waals surface area contributed by atoms with Crippen molar-refractivity contribution in [2.75, 3.05) is 32.1 Å². The second-order valence-electron chi connectivity index (χ2n) is 6.33. The first kappa shape index (κ1) is 22.5. The highest BCUT2D eigenvalue weighted by Crippen LogP contribution is 2.33. The molecule has 0 fully saturated rings. The second kappa shape index (κ2) is 9.60. The molecule has 0 N–H and O–H groups in total. The zero-order chi connectivity index (χ0) is 19.6. The average Bonchev–Trinajstić information content (AvgIpc) is 3.05. The summed E-state index contributed by atoms with van der Waals surface area (Å²) in [5.41, 5.74) is 0.693. The van der Waals surface area contributed by atoms with Crippen molar-refractivity contribution >= 4 is 56.6 Å². The molecule has 1 aromatic heterocycles. The number of nitrogens with zero attached hydrogens (tertiary/aromatic N) is 3. The van der Waals surface area contributed by atoms with Gasteiger partial charge in [0.2, 0.25) is 0 Å². The predicted octanol–water partition coefficient (Wildman–Crippen LogP) is 5.25. The molecule has 0 bridgehead atoms. The van der Waals surface area contributed by atoms with Gasteiger partial charge in [-0.15, -0.1) is 12.4 Å². The van der Waals surface area contributed by atoms with Crippen LogP contribution in [0.4, 0.5) is 13.9 Å². The van der Waals surface area contributed by atoms with Crippen LogP contribution in [0, 0.1) is 11.6 Å². The molecule has 0 spiro atoms. The highest BCUT2D eigenvalue weighted by Gasteiger charge is 2.22. The van der Waals surface area contributed by atoms with Gasteiger partial charge in [-0.1, -0.05) is 29.0 Å². The molecule has 0 saturated carbocycles. The van der Waals surface area contributed by atoms with E-state index in [0.29, 0.717) is 28.6 Å². The van der Waals surface area contributed by atoms with Gasteiger partial charge < -0.3 is 4.90 Å². The minimum Gasteiger partial charge on any atom is -0.309 e. The van der Waals surface area contributed by atoms with Crippen molar-refractivity contribution in [2.45, 2.75) is 6.42 Å². The van der Waals surface area contributed by atoms with Crippen molar-refractivity contribution in [2.24, 2.45) is 0 Å². The number of fused-ring (bicyclic) bond motifs is 1. The molecule has 1 amide bonds. The summed E-state index contributed by atoms with van der Waals surface area (Å²) in [4.78, 5) is 21.0. The summed E-state index contributed by atoms with van der Waals surface area (Å²) < 4.78 is 27.7. The molecule has 0 aliphatic heterocycles. The van der Waals surface area contributed by atoms with E-state index in [-0.39, 0.29) is 18.0 Å². The molecule has 1 heterocycles. The van der Waals surface area contributed by atoms with E-state index in [4.69, 9.17) is 11.6 Å². The third-order valence-corrected chi connectivity index (χ3v) is 5.34. The maximum atomic E-state index is 13.6. The quantitative estimate of drug-likeness (QED) is 0.519. The van der Waals surface area contributed by atoms with Gasteiger partial charge in [-0.05, 0) is 57.4 Å². The first-order valence-corrected chi connectivity index (χ1v) is 9.53. The summed E-state index contributed by atoms with van der Waals surface area (Å²) in [5, 5.41) is 0.982. The van der Waals surface area contributed by atoms with Crippen LogP contribution in [-0.2, 0) is 0 Å². The number of aromatic nitrogens is 1. The van der Waals surface area contributed by atoms with Crippen LogP contribution in [0.3, 0.4) is 0 Å². The number of para-hydroxylation sites is 1. The van der Waals surface area contributed by atoms with Crippen molar-refractivity contribution in [1.82, 2.24) is 9.88 Å². The number of thiazole rings is 1. The number of anilines is 1. The Hall–Kier alpha value is -1.80. The Bertz CT molecular complexity index is 981. The number of halogens is 4. The van der Waals surface area contributed by atoms with Gasteiger partial charge in [-0.3, -0.25) is 9.69 Å². The number of rotatable bonds is 6. The molecule has 150 valence electrons. The fourth-order valence-electron chi connectivity index (χ4n) is 2.63. The molecule has 28 heavy (non-hydrogen) atoms. The normalized spacial score (nSPS) is 10.9. The van der Waals surface area contributed by atoms with E-state index in [1.165, 1.54) is 22.3 Å². The van der Waals surface area contributed by atoms with E-state index < -0.39 is 17.5 Å². The Kier molecular flexibility index (Phi) is 7.71. The highest BCUT2D eigenvalue weighted by molar-refractivity contribution is 7.22. The number of hydrogen-bond donors (Lipinski definition) is 0. The van der Waals surface area contributed by atoms with E-state index >= 15 is 0 Å². The van der Waals surface area contributed by atoms with Gasteiger partial charge in [0, 0.05) is 12.1 Å². The summed E-state index contributed by atoms with van der Waals surface area (Å²) >= 11 is 7.54. The molecule has 0 radical (unpaired) electrons. The lowest BCUT2D eigenvalue weighted by Crippen LogP contribution is -2.33. The van der Waals surface area contributed by atoms with Crippen LogP contribution in [-0.4, -0.2) is 43.0 Å². The molecule has 3 rings (SSSR count). The number of benzene rings is 2. The number of carbonyl (C=O) groups excluding carboxylic acids is 1. The fraction of sp³-hybridized carbons (Fsp3) is 0.263. The van der Waals surface area contributed by atoms with Gasteiger partial charge in [0.1, 0.15) is 5.52 Å². The van der Waals surface area contributed by atoms with Gasteiger partial charge >= 0.3 is 0 Å². The van der Waals surface area contributed by atoms with Gasteiger partial charge in [0.05, 0.1) is 9.72 Å². The molecule has 3 aromatic rings. The van der Waals surface area contributed by atoms with Crippen molar-refractivity contribution < 1.29 is 13.6 Å². The van der Waals surface area contributed by atoms with Crippen molar-refractivity contribution in [3.05, 3.63) is 58.6 Å². The van der Waals surface area contributed by atoms with E-state index in [0.717, 1.165) is 23.4 Å². The first-order valence-electron chi connectivity index (χ1n) is 8.33. The van der Waals surface area contributed by atoms with Gasteiger partial charge in [0.25, 0.3) is 5.91 Å². The fourth-order valence-corrected chi connectivity index (χ4v) is 3.92. The molecule has 4 nitrogen and oxygen atoms in total. The zero-order valence-electron chi connectivity index (χ0n) is 15.3. The summed E-state index contributed by atoms with van der Waals surface area (Å²) in [6.07, 6.45) is 0.700. The van der Waals surface area contributed by atoms with Gasteiger partial charge in [-0.25, -0.2) is 13.8 Å². The Morgan fingerprint density at radius 2 is 1.89 bits per heavy atom. The lowest BCUT2D eigenvalue weighted by molar-refractivity contribution is 0.0985. The third-order valence-electron chi connectivity index (χ3n) is 3.99. The monoisotopic (exact) mass is 445 g/mol. The standard InChI is InChI=1S/C19H18ClF2N3OS.ClH/c1-24(2)9-4-10-25(18(26)12-7-8-14(21)15(22)11-12)19-23-17-13(20)5-3-6-16(17)27-19;/h3,5-8,11H,4,9-10H2,1-2H3;1H. The Morgan fingerprint density at radius 1 is 1.14 bits per heavy atom. The maximum Gasteiger partial charge on any atom is 0.260 e. The molecule has 0 aliphatic rings. The van der Waals surface area contributed by atoms with Gasteiger partial charge in [0.15, 0.2) is 16.8 Å². The molecular weight excluding hydrogens is 427 g/mol. The first-order chi connectivity index (χ1) is 12.9. The minimum absolute atomic E-state index is 0. The van der Waals surface area contributed by atoms with Crippen LogP contribution in [0.1, 0.15) is 16.8 Å². The largest absolute Gasteiger partial charge is 0.309 e. The van der Waals surface area contributed by atoms with Crippen LogP contribution in [0.2, 0.25) is 5.02 Å². The molecule has 0 atom stereocenters. The maximum absolute atomic E-state index is 13.6. The number of hydrogen-bond acceptors (Lipinski definition) is 4.